The average Bonchev–Trinajstić information content (AvgIpc) is 2.54. The Balaban J connectivity index is 2.08. The molecule has 0 aliphatic carbocycles. The normalized spacial score (nSPS) is 24.2. The second-order valence-corrected chi connectivity index (χ2v) is 5.03. The highest BCUT2D eigenvalue weighted by Gasteiger charge is 2.19. The van der Waals surface area contributed by atoms with Crippen molar-refractivity contribution in [3.05, 3.63) is 8.92 Å². The van der Waals surface area contributed by atoms with Crippen LogP contribution in [0, 0.1) is 0 Å². The molecule has 1 aromatic heterocycles. The molecule has 0 aromatic carbocycles. The predicted molar refractivity (Wildman–Crippen MR) is 50.2 cm³/mol. The standard InChI is InChI=1S/C7H9BrN2OS/c8-7-10-9-6(12-7)5-3-1-2-4-11-5/h5H,1-4H2. The molecule has 0 radical (unpaired) electrons. The first-order valence-electron chi connectivity index (χ1n) is 3.97. The van der Waals surface area contributed by atoms with E-state index in [1.54, 1.807) is 11.3 Å². The summed E-state index contributed by atoms with van der Waals surface area (Å²) in [5.74, 6) is 0. The van der Waals surface area contributed by atoms with Gasteiger partial charge in [0.25, 0.3) is 0 Å². The second kappa shape index (κ2) is 3.81. The van der Waals surface area contributed by atoms with Crippen molar-refractivity contribution in [3.8, 4) is 0 Å². The molecule has 1 atom stereocenters. The number of nitrogens with zero attached hydrogens (tertiary/aromatic N) is 2. The van der Waals surface area contributed by atoms with Gasteiger partial charge in [0.05, 0.1) is 0 Å². The molecule has 0 amide bonds. The average molecular weight is 249 g/mol. The van der Waals surface area contributed by atoms with Crippen molar-refractivity contribution in [1.82, 2.24) is 10.2 Å². The Morgan fingerprint density at radius 2 is 2.33 bits per heavy atom. The van der Waals surface area contributed by atoms with Gasteiger partial charge < -0.3 is 4.74 Å². The van der Waals surface area contributed by atoms with Crippen LogP contribution < -0.4 is 0 Å². The predicted octanol–water partition coefficient (Wildman–Crippen LogP) is 2.54. The van der Waals surface area contributed by atoms with Crippen molar-refractivity contribution in [3.63, 3.8) is 0 Å². The SMILES string of the molecule is Brc1nnc(C2CCCCO2)s1. The van der Waals surface area contributed by atoms with Gasteiger partial charge in [-0.25, -0.2) is 0 Å². The monoisotopic (exact) mass is 248 g/mol. The van der Waals surface area contributed by atoms with E-state index in [1.807, 2.05) is 0 Å². The molecule has 0 bridgehead atoms. The molecule has 1 aliphatic rings. The maximum Gasteiger partial charge on any atom is 0.183 e. The number of hydrogen-bond donors (Lipinski definition) is 0. The van der Waals surface area contributed by atoms with E-state index in [-0.39, 0.29) is 6.10 Å². The third-order valence-electron chi connectivity index (χ3n) is 1.87. The molecule has 1 saturated heterocycles. The Morgan fingerprint density at radius 1 is 1.42 bits per heavy atom. The molecule has 12 heavy (non-hydrogen) atoms. The summed E-state index contributed by atoms with van der Waals surface area (Å²) in [7, 11) is 0. The fourth-order valence-electron chi connectivity index (χ4n) is 1.28. The van der Waals surface area contributed by atoms with Crippen LogP contribution in [0.4, 0.5) is 0 Å². The summed E-state index contributed by atoms with van der Waals surface area (Å²) in [6.45, 7) is 0.863. The minimum atomic E-state index is 0.197. The maximum atomic E-state index is 5.56. The van der Waals surface area contributed by atoms with Crippen LogP contribution in [0.15, 0.2) is 3.92 Å². The quantitative estimate of drug-likeness (QED) is 0.767. The lowest BCUT2D eigenvalue weighted by Gasteiger charge is -2.19. The zero-order valence-corrected chi connectivity index (χ0v) is 8.90. The van der Waals surface area contributed by atoms with E-state index >= 15 is 0 Å². The molecule has 66 valence electrons. The summed E-state index contributed by atoms with van der Waals surface area (Å²) in [5.41, 5.74) is 0. The van der Waals surface area contributed by atoms with Crippen molar-refractivity contribution in [2.24, 2.45) is 0 Å². The van der Waals surface area contributed by atoms with E-state index in [0.29, 0.717) is 0 Å². The number of ether oxygens (including phenoxy) is 1. The van der Waals surface area contributed by atoms with Crippen molar-refractivity contribution >= 4 is 27.3 Å². The van der Waals surface area contributed by atoms with E-state index in [1.165, 1.54) is 12.8 Å². The highest BCUT2D eigenvalue weighted by atomic mass is 79.9. The third kappa shape index (κ3) is 1.84. The van der Waals surface area contributed by atoms with Gasteiger partial charge in [-0.05, 0) is 35.2 Å². The Hall–Kier alpha value is -0.0000000000000000555. The van der Waals surface area contributed by atoms with E-state index in [4.69, 9.17) is 4.74 Å². The summed E-state index contributed by atoms with van der Waals surface area (Å²) in [4.78, 5) is 0. The smallest absolute Gasteiger partial charge is 0.183 e. The van der Waals surface area contributed by atoms with Gasteiger partial charge in [-0.15, -0.1) is 10.2 Å². The van der Waals surface area contributed by atoms with Crippen LogP contribution in [0.3, 0.4) is 0 Å². The molecule has 1 aliphatic heterocycles. The minimum Gasteiger partial charge on any atom is -0.371 e. The topological polar surface area (TPSA) is 35.0 Å². The number of hydrogen-bond acceptors (Lipinski definition) is 4. The summed E-state index contributed by atoms with van der Waals surface area (Å²) in [6, 6.07) is 0. The third-order valence-corrected chi connectivity index (χ3v) is 3.32. The van der Waals surface area contributed by atoms with E-state index < -0.39 is 0 Å². The number of aromatic nitrogens is 2. The molecule has 1 unspecified atom stereocenters. The van der Waals surface area contributed by atoms with Gasteiger partial charge in [-0.1, -0.05) is 11.3 Å². The first-order chi connectivity index (χ1) is 5.86. The molecule has 2 rings (SSSR count). The largest absolute Gasteiger partial charge is 0.371 e. The van der Waals surface area contributed by atoms with Gasteiger partial charge in [0.15, 0.2) is 3.92 Å². The molecule has 1 fully saturated rings. The number of rotatable bonds is 1. The first kappa shape index (κ1) is 8.59. The molecule has 0 saturated carbocycles. The molecule has 0 spiro atoms. The summed E-state index contributed by atoms with van der Waals surface area (Å²) in [6.07, 6.45) is 3.70. The highest BCUT2D eigenvalue weighted by Crippen LogP contribution is 2.30. The van der Waals surface area contributed by atoms with Gasteiger partial charge in [0, 0.05) is 6.61 Å². The van der Waals surface area contributed by atoms with Crippen molar-refractivity contribution in [1.29, 1.82) is 0 Å². The minimum absolute atomic E-state index is 0.197. The van der Waals surface area contributed by atoms with Gasteiger partial charge in [-0.3, -0.25) is 0 Å². The Morgan fingerprint density at radius 3 is 2.92 bits per heavy atom. The zero-order valence-electron chi connectivity index (χ0n) is 6.49. The Kier molecular flexibility index (Phi) is 2.73. The van der Waals surface area contributed by atoms with Crippen LogP contribution in [0.25, 0.3) is 0 Å². The highest BCUT2D eigenvalue weighted by molar-refractivity contribution is 9.11. The molecular weight excluding hydrogens is 240 g/mol. The van der Waals surface area contributed by atoms with Crippen molar-refractivity contribution < 1.29 is 4.74 Å². The molecule has 1 aromatic rings. The van der Waals surface area contributed by atoms with Crippen LogP contribution in [-0.4, -0.2) is 16.8 Å². The fourth-order valence-corrected chi connectivity index (χ4v) is 2.51. The lowest BCUT2D eigenvalue weighted by atomic mass is 10.1. The van der Waals surface area contributed by atoms with Crippen LogP contribution >= 0.6 is 27.3 Å². The molecule has 0 N–H and O–H groups in total. The van der Waals surface area contributed by atoms with Gasteiger partial charge in [0.1, 0.15) is 11.1 Å². The van der Waals surface area contributed by atoms with Crippen LogP contribution in [-0.2, 0) is 4.74 Å². The lowest BCUT2D eigenvalue weighted by Crippen LogP contribution is -2.11. The summed E-state index contributed by atoms with van der Waals surface area (Å²) < 4.78 is 6.40. The van der Waals surface area contributed by atoms with Crippen LogP contribution in [0.1, 0.15) is 30.4 Å². The first-order valence-corrected chi connectivity index (χ1v) is 5.58. The van der Waals surface area contributed by atoms with E-state index in [2.05, 4.69) is 26.1 Å². The van der Waals surface area contributed by atoms with Crippen LogP contribution in [0.5, 0.6) is 0 Å². The fraction of sp³-hybridized carbons (Fsp3) is 0.714. The van der Waals surface area contributed by atoms with Gasteiger partial charge in [-0.2, -0.15) is 0 Å². The van der Waals surface area contributed by atoms with Gasteiger partial charge in [0.2, 0.25) is 0 Å². The number of halogens is 1. The van der Waals surface area contributed by atoms with Crippen molar-refractivity contribution in [2.75, 3.05) is 6.61 Å². The van der Waals surface area contributed by atoms with Gasteiger partial charge >= 0.3 is 0 Å². The van der Waals surface area contributed by atoms with E-state index in [9.17, 15) is 0 Å². The maximum absolute atomic E-state index is 5.56. The second-order valence-electron chi connectivity index (χ2n) is 2.75. The molecule has 2 heterocycles. The zero-order chi connectivity index (χ0) is 8.39. The Labute approximate surface area is 83.3 Å². The summed E-state index contributed by atoms with van der Waals surface area (Å²) >= 11 is 4.85. The summed E-state index contributed by atoms with van der Waals surface area (Å²) in [5, 5.41) is 8.93. The molecule has 3 nitrogen and oxygen atoms in total. The van der Waals surface area contributed by atoms with Crippen LogP contribution in [0.2, 0.25) is 0 Å². The molecular formula is C7H9BrN2OS. The Bertz CT molecular complexity index is 260. The molecule has 5 heteroatoms. The van der Waals surface area contributed by atoms with Crippen molar-refractivity contribution in [2.45, 2.75) is 25.4 Å². The lowest BCUT2D eigenvalue weighted by molar-refractivity contribution is 0.0144. The van der Waals surface area contributed by atoms with E-state index in [0.717, 1.165) is 22.0 Å².